The van der Waals surface area contributed by atoms with Gasteiger partial charge in [0, 0.05) is 16.9 Å². The molecular formula is C24H21N5O. The van der Waals surface area contributed by atoms with E-state index in [0.717, 1.165) is 11.4 Å². The summed E-state index contributed by atoms with van der Waals surface area (Å²) < 4.78 is 0. The maximum Gasteiger partial charge on any atom is 0.255 e. The molecule has 6 heteroatoms. The van der Waals surface area contributed by atoms with Gasteiger partial charge in [0.25, 0.3) is 5.91 Å². The number of hydrogen-bond donors (Lipinski definition) is 3. The van der Waals surface area contributed by atoms with E-state index in [1.807, 2.05) is 85.8 Å². The molecule has 4 rings (SSSR count). The van der Waals surface area contributed by atoms with Gasteiger partial charge in [-0.05, 0) is 43.3 Å². The van der Waals surface area contributed by atoms with E-state index in [0.29, 0.717) is 28.7 Å². The van der Waals surface area contributed by atoms with Gasteiger partial charge >= 0.3 is 0 Å². The standard InChI is InChI=1S/C24H21N5O/c1-17-21(28-23(30)18-11-5-2-6-12-18)22(26-19-13-7-3-8-14-19)29-24(25-17)27-20-15-9-4-10-16-20/h2-16H,1H3,(H,28,30)(H2,25,26,27,29). The Morgan fingerprint density at radius 1 is 0.700 bits per heavy atom. The number of carbonyl (C=O) groups is 1. The number of anilines is 5. The molecule has 3 aromatic carbocycles. The van der Waals surface area contributed by atoms with Crippen LogP contribution < -0.4 is 16.0 Å². The summed E-state index contributed by atoms with van der Waals surface area (Å²) in [6, 6.07) is 28.4. The summed E-state index contributed by atoms with van der Waals surface area (Å²) in [5, 5.41) is 9.45. The van der Waals surface area contributed by atoms with Crippen molar-refractivity contribution in [1.82, 2.24) is 9.97 Å². The average molecular weight is 395 g/mol. The second-order valence-electron chi connectivity index (χ2n) is 6.66. The second-order valence-corrected chi connectivity index (χ2v) is 6.66. The van der Waals surface area contributed by atoms with Crippen molar-refractivity contribution in [3.8, 4) is 0 Å². The van der Waals surface area contributed by atoms with Crippen molar-refractivity contribution in [2.75, 3.05) is 16.0 Å². The Balaban J connectivity index is 1.69. The number of para-hydroxylation sites is 2. The fourth-order valence-electron chi connectivity index (χ4n) is 2.95. The number of carbonyl (C=O) groups excluding carboxylic acids is 1. The van der Waals surface area contributed by atoms with E-state index >= 15 is 0 Å². The molecule has 0 aliphatic carbocycles. The minimum absolute atomic E-state index is 0.220. The van der Waals surface area contributed by atoms with Gasteiger partial charge < -0.3 is 16.0 Å². The van der Waals surface area contributed by atoms with E-state index in [1.54, 1.807) is 12.1 Å². The van der Waals surface area contributed by atoms with Gasteiger partial charge in [-0.2, -0.15) is 4.98 Å². The Kier molecular flexibility index (Phi) is 5.66. The molecule has 1 heterocycles. The number of hydrogen-bond acceptors (Lipinski definition) is 5. The molecule has 148 valence electrons. The minimum Gasteiger partial charge on any atom is -0.338 e. The third-order valence-electron chi connectivity index (χ3n) is 4.43. The van der Waals surface area contributed by atoms with Crippen molar-refractivity contribution in [3.63, 3.8) is 0 Å². The predicted molar refractivity (Wildman–Crippen MR) is 121 cm³/mol. The molecule has 0 fully saturated rings. The monoisotopic (exact) mass is 395 g/mol. The summed E-state index contributed by atoms with van der Waals surface area (Å²) in [5.41, 5.74) is 3.48. The van der Waals surface area contributed by atoms with Gasteiger partial charge in [-0.15, -0.1) is 0 Å². The van der Waals surface area contributed by atoms with Crippen molar-refractivity contribution >= 4 is 34.7 Å². The van der Waals surface area contributed by atoms with Crippen LogP contribution in [-0.2, 0) is 0 Å². The third kappa shape index (κ3) is 4.62. The molecule has 1 amide bonds. The highest BCUT2D eigenvalue weighted by Crippen LogP contribution is 2.29. The zero-order valence-electron chi connectivity index (χ0n) is 16.5. The first-order chi connectivity index (χ1) is 14.7. The molecule has 0 bridgehead atoms. The Labute approximate surface area is 175 Å². The van der Waals surface area contributed by atoms with Crippen molar-refractivity contribution in [2.24, 2.45) is 0 Å². The van der Waals surface area contributed by atoms with Crippen molar-refractivity contribution < 1.29 is 4.79 Å². The largest absolute Gasteiger partial charge is 0.338 e. The summed E-state index contributed by atoms with van der Waals surface area (Å²) in [7, 11) is 0. The number of nitrogens with zero attached hydrogens (tertiary/aromatic N) is 2. The van der Waals surface area contributed by atoms with Gasteiger partial charge in [-0.25, -0.2) is 4.98 Å². The van der Waals surface area contributed by atoms with Crippen LogP contribution in [0.5, 0.6) is 0 Å². The first kappa shape index (κ1) is 19.1. The summed E-state index contributed by atoms with van der Waals surface area (Å²) in [6.45, 7) is 1.84. The van der Waals surface area contributed by atoms with Gasteiger partial charge in [-0.3, -0.25) is 4.79 Å². The molecule has 30 heavy (non-hydrogen) atoms. The van der Waals surface area contributed by atoms with Crippen molar-refractivity contribution in [1.29, 1.82) is 0 Å². The number of aryl methyl sites for hydroxylation is 1. The maximum absolute atomic E-state index is 12.7. The zero-order chi connectivity index (χ0) is 20.8. The van der Waals surface area contributed by atoms with Crippen LogP contribution in [-0.4, -0.2) is 15.9 Å². The van der Waals surface area contributed by atoms with Crippen LogP contribution in [0.15, 0.2) is 91.0 Å². The van der Waals surface area contributed by atoms with Crippen molar-refractivity contribution in [3.05, 3.63) is 102 Å². The Bertz CT molecular complexity index is 1130. The second kappa shape index (κ2) is 8.87. The first-order valence-corrected chi connectivity index (χ1v) is 9.58. The third-order valence-corrected chi connectivity index (χ3v) is 4.43. The highest BCUT2D eigenvalue weighted by atomic mass is 16.1. The zero-order valence-corrected chi connectivity index (χ0v) is 16.5. The van der Waals surface area contributed by atoms with E-state index in [2.05, 4.69) is 25.9 Å². The van der Waals surface area contributed by atoms with E-state index in [1.165, 1.54) is 0 Å². The summed E-state index contributed by atoms with van der Waals surface area (Å²) >= 11 is 0. The quantitative estimate of drug-likeness (QED) is 0.400. The van der Waals surface area contributed by atoms with Crippen LogP contribution in [0.4, 0.5) is 28.8 Å². The number of nitrogens with one attached hydrogen (secondary N) is 3. The summed E-state index contributed by atoms with van der Waals surface area (Å²) in [4.78, 5) is 21.9. The topological polar surface area (TPSA) is 78.9 Å². The molecule has 1 aromatic heterocycles. The number of benzene rings is 3. The molecule has 3 N–H and O–H groups in total. The number of rotatable bonds is 6. The summed E-state index contributed by atoms with van der Waals surface area (Å²) in [5.74, 6) is 0.730. The van der Waals surface area contributed by atoms with Gasteiger partial charge in [0.05, 0.1) is 5.69 Å². The lowest BCUT2D eigenvalue weighted by Crippen LogP contribution is -2.16. The SMILES string of the molecule is Cc1nc(Nc2ccccc2)nc(Nc2ccccc2)c1NC(=O)c1ccccc1. The summed E-state index contributed by atoms with van der Waals surface area (Å²) in [6.07, 6.45) is 0. The molecule has 0 saturated heterocycles. The highest BCUT2D eigenvalue weighted by molar-refractivity contribution is 6.06. The fourth-order valence-corrected chi connectivity index (χ4v) is 2.95. The minimum atomic E-state index is -0.220. The molecule has 4 aromatic rings. The Morgan fingerprint density at radius 2 is 1.23 bits per heavy atom. The normalized spacial score (nSPS) is 10.3. The van der Waals surface area contributed by atoms with Gasteiger partial charge in [0.2, 0.25) is 5.95 Å². The van der Waals surface area contributed by atoms with Crippen LogP contribution in [0.25, 0.3) is 0 Å². The van der Waals surface area contributed by atoms with Gasteiger partial charge in [0.15, 0.2) is 5.82 Å². The molecule has 0 atom stereocenters. The van der Waals surface area contributed by atoms with E-state index < -0.39 is 0 Å². The molecule has 0 radical (unpaired) electrons. The van der Waals surface area contributed by atoms with Crippen LogP contribution in [0.2, 0.25) is 0 Å². The molecule has 0 saturated carbocycles. The molecule has 0 spiro atoms. The number of amides is 1. The van der Waals surface area contributed by atoms with Crippen molar-refractivity contribution in [2.45, 2.75) is 6.92 Å². The van der Waals surface area contributed by atoms with E-state index in [4.69, 9.17) is 0 Å². The molecule has 6 nitrogen and oxygen atoms in total. The molecule has 0 unspecified atom stereocenters. The predicted octanol–water partition coefficient (Wildman–Crippen LogP) is 5.52. The van der Waals surface area contributed by atoms with Crippen LogP contribution in [0.1, 0.15) is 16.1 Å². The Hall–Kier alpha value is -4.19. The van der Waals surface area contributed by atoms with E-state index in [-0.39, 0.29) is 5.91 Å². The number of aromatic nitrogens is 2. The highest BCUT2D eigenvalue weighted by Gasteiger charge is 2.16. The lowest BCUT2D eigenvalue weighted by molar-refractivity contribution is 0.102. The van der Waals surface area contributed by atoms with Gasteiger partial charge in [0.1, 0.15) is 5.69 Å². The van der Waals surface area contributed by atoms with Gasteiger partial charge in [-0.1, -0.05) is 54.6 Å². The smallest absolute Gasteiger partial charge is 0.255 e. The molecular weight excluding hydrogens is 374 g/mol. The fraction of sp³-hybridized carbons (Fsp3) is 0.0417. The lowest BCUT2D eigenvalue weighted by atomic mass is 10.2. The lowest BCUT2D eigenvalue weighted by Gasteiger charge is -2.16. The van der Waals surface area contributed by atoms with Crippen LogP contribution in [0, 0.1) is 6.92 Å². The average Bonchev–Trinajstić information content (AvgIpc) is 2.78. The van der Waals surface area contributed by atoms with E-state index in [9.17, 15) is 4.79 Å². The molecule has 0 aliphatic rings. The van der Waals surface area contributed by atoms with Crippen LogP contribution in [0.3, 0.4) is 0 Å². The Morgan fingerprint density at radius 3 is 1.83 bits per heavy atom. The maximum atomic E-state index is 12.7. The molecule has 0 aliphatic heterocycles. The van der Waals surface area contributed by atoms with Crippen LogP contribution >= 0.6 is 0 Å². The first-order valence-electron chi connectivity index (χ1n) is 9.58.